The van der Waals surface area contributed by atoms with Gasteiger partial charge in [-0.3, -0.25) is 0 Å². The van der Waals surface area contributed by atoms with E-state index in [1.54, 1.807) is 14.2 Å². The smallest absolute Gasteiger partial charge is 0.130 e. The van der Waals surface area contributed by atoms with E-state index in [1.165, 1.54) is 0 Å². The first kappa shape index (κ1) is 20.1. The molecule has 166 valence electrons. The zero-order chi connectivity index (χ0) is 23.1. The molecule has 1 aromatic carbocycles. The highest BCUT2D eigenvalue weighted by Gasteiger charge is 2.21. The number of methoxy groups -OCH3 is 2. The summed E-state index contributed by atoms with van der Waals surface area (Å²) in [6.07, 6.45) is 8.03. The fraction of sp³-hybridized carbons (Fsp3) is 0.0714. The molecule has 0 unspecified atom stereocenters. The second-order valence-electron chi connectivity index (χ2n) is 8.09. The molecule has 0 radical (unpaired) electrons. The summed E-state index contributed by atoms with van der Waals surface area (Å²) in [6, 6.07) is 20.1. The Hall–Kier alpha value is -4.58. The van der Waals surface area contributed by atoms with E-state index in [-0.39, 0.29) is 0 Å². The number of aromatic amines is 2. The van der Waals surface area contributed by atoms with Gasteiger partial charge in [0.15, 0.2) is 0 Å². The third kappa shape index (κ3) is 3.55. The minimum atomic E-state index is 0.698. The highest BCUT2D eigenvalue weighted by molar-refractivity contribution is 5.92. The number of aromatic nitrogens is 4. The van der Waals surface area contributed by atoms with Crippen LogP contribution >= 0.6 is 0 Å². The molecule has 2 N–H and O–H groups in total. The minimum Gasteiger partial charge on any atom is -0.496 e. The summed E-state index contributed by atoms with van der Waals surface area (Å²) in [4.78, 5) is 16.7. The largest absolute Gasteiger partial charge is 0.496 e. The predicted octanol–water partition coefficient (Wildman–Crippen LogP) is 6.34. The maximum absolute atomic E-state index is 5.73. The highest BCUT2D eigenvalue weighted by Crippen LogP contribution is 2.42. The number of ether oxygens (including phenoxy) is 2. The van der Waals surface area contributed by atoms with Crippen LogP contribution < -0.4 is 9.47 Å². The molecule has 2 aliphatic rings. The van der Waals surface area contributed by atoms with Crippen LogP contribution in [0.2, 0.25) is 0 Å². The first-order valence-corrected chi connectivity index (χ1v) is 11.0. The average molecular weight is 447 g/mol. The van der Waals surface area contributed by atoms with Gasteiger partial charge in [0.25, 0.3) is 0 Å². The van der Waals surface area contributed by atoms with E-state index in [0.717, 1.165) is 56.0 Å². The second-order valence-corrected chi connectivity index (χ2v) is 8.09. The monoisotopic (exact) mass is 446 g/mol. The molecule has 2 aliphatic heterocycles. The average Bonchev–Trinajstić information content (AvgIpc) is 3.65. The van der Waals surface area contributed by atoms with E-state index in [1.807, 2.05) is 66.8 Å². The van der Waals surface area contributed by atoms with Crippen LogP contribution in [0, 0.1) is 0 Å². The molecule has 8 bridgehead atoms. The third-order valence-electron chi connectivity index (χ3n) is 5.89. The van der Waals surface area contributed by atoms with Crippen LogP contribution in [0.3, 0.4) is 0 Å². The lowest BCUT2D eigenvalue weighted by Crippen LogP contribution is -1.96. The van der Waals surface area contributed by atoms with Crippen molar-refractivity contribution < 1.29 is 9.47 Å². The second kappa shape index (κ2) is 8.08. The molecule has 34 heavy (non-hydrogen) atoms. The van der Waals surface area contributed by atoms with Crippen molar-refractivity contribution in [2.24, 2.45) is 0 Å². The van der Waals surface area contributed by atoms with Crippen molar-refractivity contribution in [2.75, 3.05) is 14.2 Å². The van der Waals surface area contributed by atoms with Crippen molar-refractivity contribution in [3.8, 4) is 22.6 Å². The number of rotatable bonds is 3. The number of nitrogens with one attached hydrogen (secondary N) is 2. The summed E-state index contributed by atoms with van der Waals surface area (Å²) in [5.41, 5.74) is 8.95. The molecular formula is C28H22N4O2. The van der Waals surface area contributed by atoms with Gasteiger partial charge in [0.2, 0.25) is 0 Å². The number of hydrogen-bond acceptors (Lipinski definition) is 4. The lowest BCUT2D eigenvalue weighted by Gasteiger charge is -2.14. The van der Waals surface area contributed by atoms with E-state index in [0.29, 0.717) is 11.5 Å². The molecule has 4 aromatic rings. The van der Waals surface area contributed by atoms with E-state index < -0.39 is 0 Å². The molecule has 0 saturated heterocycles. The molecule has 0 amide bonds. The van der Waals surface area contributed by atoms with Crippen molar-refractivity contribution in [2.45, 2.75) is 0 Å². The Bertz CT molecular complexity index is 1530. The van der Waals surface area contributed by atoms with Crippen molar-refractivity contribution in [3.63, 3.8) is 0 Å². The van der Waals surface area contributed by atoms with Gasteiger partial charge in [-0.1, -0.05) is 6.07 Å². The van der Waals surface area contributed by atoms with Crippen LogP contribution in [0.5, 0.6) is 11.5 Å². The summed E-state index contributed by atoms with van der Waals surface area (Å²) < 4.78 is 11.5. The predicted molar refractivity (Wildman–Crippen MR) is 137 cm³/mol. The van der Waals surface area contributed by atoms with Crippen LogP contribution in [0.4, 0.5) is 0 Å². The topological polar surface area (TPSA) is 75.8 Å². The van der Waals surface area contributed by atoms with Crippen LogP contribution in [-0.4, -0.2) is 34.2 Å². The van der Waals surface area contributed by atoms with Crippen LogP contribution in [0.15, 0.2) is 60.7 Å². The number of hydrogen-bond donors (Lipinski definition) is 2. The maximum atomic E-state index is 5.73. The van der Waals surface area contributed by atoms with Gasteiger partial charge in [0, 0.05) is 27.6 Å². The SMILES string of the molecule is COc1cccc(OC)c1-c1c2nc(cc3ccc(cc4ccc(cc5nc1C=C5)[nH]4)[nH]3)C=C2. The van der Waals surface area contributed by atoms with Gasteiger partial charge in [-0.25, -0.2) is 9.97 Å². The van der Waals surface area contributed by atoms with Crippen molar-refractivity contribution in [1.82, 2.24) is 19.9 Å². The molecule has 0 aliphatic carbocycles. The number of benzene rings is 1. The van der Waals surface area contributed by atoms with Crippen molar-refractivity contribution in [3.05, 3.63) is 83.4 Å². The molecule has 5 heterocycles. The van der Waals surface area contributed by atoms with Gasteiger partial charge in [0.05, 0.1) is 42.6 Å². The van der Waals surface area contributed by atoms with E-state index in [9.17, 15) is 0 Å². The summed E-state index contributed by atoms with van der Waals surface area (Å²) in [6.45, 7) is 0. The lowest BCUT2D eigenvalue weighted by atomic mass is 10.00. The molecule has 6 nitrogen and oxygen atoms in total. The van der Waals surface area contributed by atoms with Crippen molar-refractivity contribution >= 4 is 46.4 Å². The molecule has 0 atom stereocenters. The Labute approximate surface area is 196 Å². The number of H-pyrrole nitrogens is 2. The zero-order valence-electron chi connectivity index (χ0n) is 18.8. The number of nitrogens with zero attached hydrogens (tertiary/aromatic N) is 2. The minimum absolute atomic E-state index is 0.698. The van der Waals surface area contributed by atoms with Crippen LogP contribution in [0.1, 0.15) is 22.8 Å². The Morgan fingerprint density at radius 2 is 1.03 bits per heavy atom. The molecule has 0 fully saturated rings. The normalized spacial score (nSPS) is 12.2. The summed E-state index contributed by atoms with van der Waals surface area (Å²) >= 11 is 0. The molecule has 0 saturated carbocycles. The first-order valence-electron chi connectivity index (χ1n) is 11.0. The molecular weight excluding hydrogens is 424 g/mol. The highest BCUT2D eigenvalue weighted by atomic mass is 16.5. The molecule has 0 spiro atoms. The Morgan fingerprint density at radius 3 is 1.50 bits per heavy atom. The van der Waals surface area contributed by atoms with E-state index in [4.69, 9.17) is 19.4 Å². The molecule has 6 heteroatoms. The van der Waals surface area contributed by atoms with Crippen LogP contribution in [0.25, 0.3) is 57.5 Å². The van der Waals surface area contributed by atoms with E-state index >= 15 is 0 Å². The lowest BCUT2D eigenvalue weighted by molar-refractivity contribution is 0.397. The van der Waals surface area contributed by atoms with E-state index in [2.05, 4.69) is 28.2 Å². The maximum Gasteiger partial charge on any atom is 0.130 e. The summed E-state index contributed by atoms with van der Waals surface area (Å²) in [5, 5.41) is 0. The fourth-order valence-corrected chi connectivity index (χ4v) is 4.36. The van der Waals surface area contributed by atoms with Gasteiger partial charge in [-0.15, -0.1) is 0 Å². The Morgan fingerprint density at radius 1 is 0.559 bits per heavy atom. The fourth-order valence-electron chi connectivity index (χ4n) is 4.36. The molecule has 6 rings (SSSR count). The van der Waals surface area contributed by atoms with Crippen LogP contribution in [-0.2, 0) is 0 Å². The summed E-state index contributed by atoms with van der Waals surface area (Å²) in [5.74, 6) is 1.40. The molecule has 3 aromatic heterocycles. The third-order valence-corrected chi connectivity index (χ3v) is 5.89. The standard InChI is InChI=1S/C28H22N4O2/c1-33-25-4-3-5-26(34-2)28(25)27-23-12-10-21(31-23)15-19-8-6-17(29-19)14-18-7-9-20(30-18)16-22-11-13-24(27)32-22/h3-16,29-30H,1-2H3. The quantitative estimate of drug-likeness (QED) is 0.333. The first-order chi connectivity index (χ1) is 16.7. The van der Waals surface area contributed by atoms with Gasteiger partial charge in [0.1, 0.15) is 11.5 Å². The van der Waals surface area contributed by atoms with Gasteiger partial charge >= 0.3 is 0 Å². The number of fused-ring (bicyclic) bond motifs is 8. The Kier molecular flexibility index (Phi) is 4.77. The van der Waals surface area contributed by atoms with Gasteiger partial charge in [-0.05, 0) is 78.9 Å². The van der Waals surface area contributed by atoms with Gasteiger partial charge < -0.3 is 19.4 Å². The summed E-state index contributed by atoms with van der Waals surface area (Å²) in [7, 11) is 3.32. The Balaban J connectivity index is 1.75. The van der Waals surface area contributed by atoms with Crippen molar-refractivity contribution in [1.29, 1.82) is 0 Å². The van der Waals surface area contributed by atoms with Gasteiger partial charge in [-0.2, -0.15) is 0 Å². The zero-order valence-corrected chi connectivity index (χ0v) is 18.8.